The Balaban J connectivity index is 1.48. The van der Waals surface area contributed by atoms with Crippen LogP contribution in [0.25, 0.3) is 0 Å². The maximum atomic E-state index is 5.40. The average molecular weight is 336 g/mol. The van der Waals surface area contributed by atoms with Crippen molar-refractivity contribution in [3.05, 3.63) is 41.5 Å². The number of nitrogens with zero attached hydrogens (tertiary/aromatic N) is 2. The third-order valence-corrected chi connectivity index (χ3v) is 5.46. The van der Waals surface area contributed by atoms with Gasteiger partial charge >= 0.3 is 0 Å². The van der Waals surface area contributed by atoms with Crippen LogP contribution < -0.4 is 0 Å². The SMILES string of the molecule is CSc1ccc(CSCc2noc(C3CCOCC3)n2)cc1. The zero-order valence-electron chi connectivity index (χ0n) is 12.7. The third-order valence-electron chi connectivity index (χ3n) is 3.71. The molecule has 0 bridgehead atoms. The van der Waals surface area contributed by atoms with Crippen molar-refractivity contribution in [3.63, 3.8) is 0 Å². The van der Waals surface area contributed by atoms with Gasteiger partial charge in [0.1, 0.15) is 0 Å². The van der Waals surface area contributed by atoms with Crippen LogP contribution in [0.3, 0.4) is 0 Å². The summed E-state index contributed by atoms with van der Waals surface area (Å²) in [6, 6.07) is 8.70. The van der Waals surface area contributed by atoms with E-state index < -0.39 is 0 Å². The van der Waals surface area contributed by atoms with Gasteiger partial charge < -0.3 is 9.26 Å². The van der Waals surface area contributed by atoms with Crippen LogP contribution >= 0.6 is 23.5 Å². The van der Waals surface area contributed by atoms with Crippen molar-refractivity contribution >= 4 is 23.5 Å². The first kappa shape index (κ1) is 15.9. The van der Waals surface area contributed by atoms with Gasteiger partial charge in [-0.05, 0) is 36.8 Å². The lowest BCUT2D eigenvalue weighted by Gasteiger charge is -2.17. The van der Waals surface area contributed by atoms with E-state index in [1.807, 2.05) is 11.8 Å². The molecule has 1 saturated heterocycles. The molecule has 1 aliphatic rings. The zero-order valence-corrected chi connectivity index (χ0v) is 14.3. The Hall–Kier alpha value is -0.980. The first-order valence-electron chi connectivity index (χ1n) is 7.46. The molecular formula is C16H20N2O2S2. The van der Waals surface area contributed by atoms with E-state index in [1.54, 1.807) is 11.8 Å². The van der Waals surface area contributed by atoms with Gasteiger partial charge in [-0.2, -0.15) is 4.98 Å². The highest BCUT2D eigenvalue weighted by Crippen LogP contribution is 2.26. The largest absolute Gasteiger partial charge is 0.381 e. The van der Waals surface area contributed by atoms with Crippen molar-refractivity contribution < 1.29 is 9.26 Å². The van der Waals surface area contributed by atoms with E-state index in [-0.39, 0.29) is 0 Å². The summed E-state index contributed by atoms with van der Waals surface area (Å²) >= 11 is 3.58. The minimum absolute atomic E-state index is 0.374. The lowest BCUT2D eigenvalue weighted by molar-refractivity contribution is 0.0778. The Bertz CT molecular complexity index is 580. The number of hydrogen-bond donors (Lipinski definition) is 0. The van der Waals surface area contributed by atoms with E-state index in [9.17, 15) is 0 Å². The van der Waals surface area contributed by atoms with Crippen molar-refractivity contribution in [2.75, 3.05) is 19.5 Å². The smallest absolute Gasteiger partial charge is 0.229 e. The molecule has 3 rings (SSSR count). The molecule has 6 heteroatoms. The molecule has 0 N–H and O–H groups in total. The quantitative estimate of drug-likeness (QED) is 0.740. The fraction of sp³-hybridized carbons (Fsp3) is 0.500. The van der Waals surface area contributed by atoms with Crippen LogP contribution in [0, 0.1) is 0 Å². The number of rotatable bonds is 6. The third kappa shape index (κ3) is 4.27. The summed E-state index contributed by atoms with van der Waals surface area (Å²) in [5.74, 6) is 3.71. The summed E-state index contributed by atoms with van der Waals surface area (Å²) in [4.78, 5) is 5.83. The molecular weight excluding hydrogens is 316 g/mol. The fourth-order valence-electron chi connectivity index (χ4n) is 2.42. The first-order chi connectivity index (χ1) is 10.8. The Morgan fingerprint density at radius 1 is 1.14 bits per heavy atom. The summed E-state index contributed by atoms with van der Waals surface area (Å²) < 4.78 is 10.8. The topological polar surface area (TPSA) is 48.2 Å². The fourth-order valence-corrected chi connectivity index (χ4v) is 3.66. The van der Waals surface area contributed by atoms with E-state index in [0.717, 1.165) is 49.3 Å². The predicted molar refractivity (Wildman–Crippen MR) is 90.3 cm³/mol. The lowest BCUT2D eigenvalue weighted by Crippen LogP contribution is -2.14. The van der Waals surface area contributed by atoms with Gasteiger partial charge in [0.05, 0.1) is 5.75 Å². The molecule has 0 atom stereocenters. The van der Waals surface area contributed by atoms with Crippen molar-refractivity contribution in [2.45, 2.75) is 35.2 Å². The van der Waals surface area contributed by atoms with Gasteiger partial charge in [0.2, 0.25) is 5.89 Å². The highest BCUT2D eigenvalue weighted by molar-refractivity contribution is 7.98. The van der Waals surface area contributed by atoms with Crippen molar-refractivity contribution in [1.29, 1.82) is 0 Å². The molecule has 4 nitrogen and oxygen atoms in total. The van der Waals surface area contributed by atoms with Crippen LogP contribution in [0.1, 0.15) is 36.0 Å². The summed E-state index contributed by atoms with van der Waals surface area (Å²) in [5, 5.41) is 4.10. The van der Waals surface area contributed by atoms with Crippen LogP contribution in [0.2, 0.25) is 0 Å². The van der Waals surface area contributed by atoms with Gasteiger partial charge in [-0.1, -0.05) is 17.3 Å². The molecule has 0 unspecified atom stereocenters. The molecule has 0 amide bonds. The molecule has 0 radical (unpaired) electrons. The van der Waals surface area contributed by atoms with Gasteiger partial charge in [0.25, 0.3) is 0 Å². The van der Waals surface area contributed by atoms with Crippen LogP contribution in [-0.2, 0) is 16.2 Å². The number of aromatic nitrogens is 2. The van der Waals surface area contributed by atoms with Gasteiger partial charge in [0.15, 0.2) is 5.82 Å². The number of benzene rings is 1. The summed E-state index contributed by atoms with van der Waals surface area (Å²) in [7, 11) is 0. The zero-order chi connectivity index (χ0) is 15.2. The standard InChI is InChI=1S/C16H20N2O2S2/c1-21-14-4-2-12(3-5-14)10-22-11-15-17-16(20-18-15)13-6-8-19-9-7-13/h2-5,13H,6-11H2,1H3. The highest BCUT2D eigenvalue weighted by atomic mass is 32.2. The normalized spacial score (nSPS) is 16.0. The Kier molecular flexibility index (Phi) is 5.81. The second kappa shape index (κ2) is 8.04. The maximum absolute atomic E-state index is 5.40. The summed E-state index contributed by atoms with van der Waals surface area (Å²) in [5.41, 5.74) is 1.33. The monoisotopic (exact) mass is 336 g/mol. The van der Waals surface area contributed by atoms with E-state index in [0.29, 0.717) is 5.92 Å². The molecule has 2 aromatic rings. The molecule has 22 heavy (non-hydrogen) atoms. The second-order valence-electron chi connectivity index (χ2n) is 5.28. The minimum Gasteiger partial charge on any atom is -0.381 e. The molecule has 118 valence electrons. The summed E-state index contributed by atoms with van der Waals surface area (Å²) in [6.45, 7) is 1.59. The Labute approximate surface area is 139 Å². The van der Waals surface area contributed by atoms with E-state index >= 15 is 0 Å². The molecule has 1 aromatic carbocycles. The van der Waals surface area contributed by atoms with Crippen LogP contribution in [0.15, 0.2) is 33.7 Å². The van der Waals surface area contributed by atoms with Crippen LogP contribution in [0.4, 0.5) is 0 Å². The molecule has 0 aliphatic carbocycles. The molecule has 2 heterocycles. The van der Waals surface area contributed by atoms with E-state index in [1.165, 1.54) is 10.5 Å². The number of ether oxygens (including phenoxy) is 1. The van der Waals surface area contributed by atoms with Crippen molar-refractivity contribution in [2.24, 2.45) is 0 Å². The number of thioether (sulfide) groups is 2. The summed E-state index contributed by atoms with van der Waals surface area (Å²) in [6.07, 6.45) is 4.06. The highest BCUT2D eigenvalue weighted by Gasteiger charge is 2.21. The van der Waals surface area contributed by atoms with E-state index in [4.69, 9.17) is 9.26 Å². The molecule has 0 saturated carbocycles. The van der Waals surface area contributed by atoms with Gasteiger partial charge in [0, 0.05) is 29.8 Å². The van der Waals surface area contributed by atoms with Crippen LogP contribution in [-0.4, -0.2) is 29.6 Å². The van der Waals surface area contributed by atoms with Gasteiger partial charge in [-0.3, -0.25) is 0 Å². The van der Waals surface area contributed by atoms with Crippen molar-refractivity contribution in [3.8, 4) is 0 Å². The maximum Gasteiger partial charge on any atom is 0.229 e. The lowest BCUT2D eigenvalue weighted by atomic mass is 10.0. The molecule has 1 aliphatic heterocycles. The molecule has 1 fully saturated rings. The predicted octanol–water partition coefficient (Wildman–Crippen LogP) is 4.12. The van der Waals surface area contributed by atoms with E-state index in [2.05, 4.69) is 40.7 Å². The average Bonchev–Trinajstić information content (AvgIpc) is 3.05. The van der Waals surface area contributed by atoms with Gasteiger partial charge in [-0.15, -0.1) is 23.5 Å². The van der Waals surface area contributed by atoms with Crippen LogP contribution in [0.5, 0.6) is 0 Å². The van der Waals surface area contributed by atoms with Crippen molar-refractivity contribution in [1.82, 2.24) is 10.1 Å². The molecule has 0 spiro atoms. The first-order valence-corrected chi connectivity index (χ1v) is 9.84. The second-order valence-corrected chi connectivity index (χ2v) is 7.14. The molecule has 1 aromatic heterocycles. The Morgan fingerprint density at radius 3 is 2.64 bits per heavy atom. The van der Waals surface area contributed by atoms with Gasteiger partial charge in [-0.25, -0.2) is 0 Å². The Morgan fingerprint density at radius 2 is 1.91 bits per heavy atom. The minimum atomic E-state index is 0.374. The number of hydrogen-bond acceptors (Lipinski definition) is 6.